The van der Waals surface area contributed by atoms with Gasteiger partial charge in [-0.15, -0.1) is 22.7 Å². The molecule has 0 saturated carbocycles. The van der Waals surface area contributed by atoms with Crippen molar-refractivity contribution in [2.24, 2.45) is 0 Å². The van der Waals surface area contributed by atoms with E-state index in [2.05, 4.69) is 240 Å². The number of anilines is 3. The maximum absolute atomic E-state index is 2.55. The molecule has 4 heteroatoms. The molecule has 0 N–H and O–H groups in total. The Balaban J connectivity index is 1.13. The van der Waals surface area contributed by atoms with Gasteiger partial charge in [0.15, 0.2) is 0 Å². The minimum absolute atomic E-state index is 1.10. The molecule has 10 aromatic carbocycles. The molecule has 300 valence electrons. The summed E-state index contributed by atoms with van der Waals surface area (Å²) in [5, 5.41) is 7.56. The molecule has 0 spiro atoms. The van der Waals surface area contributed by atoms with Gasteiger partial charge in [-0.2, -0.15) is 0 Å². The van der Waals surface area contributed by atoms with Crippen LogP contribution in [0.15, 0.2) is 231 Å². The molecule has 0 aliphatic rings. The van der Waals surface area contributed by atoms with E-state index in [1.54, 1.807) is 0 Å². The van der Waals surface area contributed by atoms with Crippen LogP contribution in [0.2, 0.25) is 0 Å². The van der Waals surface area contributed by atoms with Crippen molar-refractivity contribution in [1.82, 2.24) is 4.57 Å². The Bertz CT molecular complexity index is 3900. The first-order chi connectivity index (χ1) is 31.7. The van der Waals surface area contributed by atoms with Crippen LogP contribution in [-0.4, -0.2) is 4.57 Å². The standard InChI is InChI=1S/C60H38N2S2/c1-4-16-39(17-5-1)42-22-14-23-44(34-42)61(46-31-33-58-52(38-46)48-25-11-12-28-56(48)63-58)45-30-32-54-51(37-45)53-36-43(40-18-6-2-7-19-40)35-50(41-20-8-3-9-21-41)59(53)62(54)55-27-15-26-49-47-24-10-13-29-57(47)64-60(49)55/h1-38H. The molecule has 0 unspecified atom stereocenters. The van der Waals surface area contributed by atoms with Crippen molar-refractivity contribution in [1.29, 1.82) is 0 Å². The van der Waals surface area contributed by atoms with E-state index in [1.807, 2.05) is 22.7 Å². The number of nitrogens with zero attached hydrogens (tertiary/aromatic N) is 2. The first kappa shape index (κ1) is 36.9. The highest BCUT2D eigenvalue weighted by Gasteiger charge is 2.23. The molecule has 2 nitrogen and oxygen atoms in total. The molecule has 13 aromatic rings. The lowest BCUT2D eigenvalue weighted by Crippen LogP contribution is -2.10. The van der Waals surface area contributed by atoms with Gasteiger partial charge in [0.1, 0.15) is 0 Å². The minimum atomic E-state index is 1.10. The lowest BCUT2D eigenvalue weighted by atomic mass is 9.95. The van der Waals surface area contributed by atoms with E-state index < -0.39 is 0 Å². The van der Waals surface area contributed by atoms with Gasteiger partial charge in [0.05, 0.1) is 21.4 Å². The van der Waals surface area contributed by atoms with E-state index in [1.165, 1.54) is 101 Å². The zero-order valence-electron chi connectivity index (χ0n) is 34.7. The van der Waals surface area contributed by atoms with Gasteiger partial charge in [-0.05, 0) is 107 Å². The van der Waals surface area contributed by atoms with E-state index in [4.69, 9.17) is 0 Å². The fourth-order valence-electron chi connectivity index (χ4n) is 9.82. The topological polar surface area (TPSA) is 8.17 Å². The van der Waals surface area contributed by atoms with Crippen LogP contribution in [0.25, 0.3) is 101 Å². The van der Waals surface area contributed by atoms with Crippen LogP contribution < -0.4 is 4.90 Å². The zero-order valence-corrected chi connectivity index (χ0v) is 36.3. The van der Waals surface area contributed by atoms with Crippen molar-refractivity contribution in [3.8, 4) is 39.1 Å². The van der Waals surface area contributed by atoms with Crippen molar-refractivity contribution in [2.45, 2.75) is 0 Å². The minimum Gasteiger partial charge on any atom is -0.310 e. The van der Waals surface area contributed by atoms with Crippen LogP contribution in [0.1, 0.15) is 0 Å². The molecule has 64 heavy (non-hydrogen) atoms. The summed E-state index contributed by atoms with van der Waals surface area (Å²) in [6, 6.07) is 84.8. The molecule has 0 bridgehead atoms. The highest BCUT2D eigenvalue weighted by molar-refractivity contribution is 7.26. The van der Waals surface area contributed by atoms with Crippen molar-refractivity contribution in [3.63, 3.8) is 0 Å². The van der Waals surface area contributed by atoms with Crippen LogP contribution in [0.4, 0.5) is 17.1 Å². The Hall–Kier alpha value is -7.76. The van der Waals surface area contributed by atoms with Crippen molar-refractivity contribution < 1.29 is 0 Å². The van der Waals surface area contributed by atoms with Crippen LogP contribution in [-0.2, 0) is 0 Å². The second-order valence-electron chi connectivity index (χ2n) is 16.5. The number of fused-ring (bicyclic) bond motifs is 9. The van der Waals surface area contributed by atoms with E-state index in [9.17, 15) is 0 Å². The number of hydrogen-bond acceptors (Lipinski definition) is 3. The fourth-order valence-corrected chi connectivity index (χ4v) is 12.1. The van der Waals surface area contributed by atoms with Crippen LogP contribution >= 0.6 is 22.7 Å². The molecular weight excluding hydrogens is 813 g/mol. The smallest absolute Gasteiger partial charge is 0.0641 e. The van der Waals surface area contributed by atoms with Crippen LogP contribution in [0, 0.1) is 0 Å². The van der Waals surface area contributed by atoms with Gasteiger partial charge in [-0.3, -0.25) is 0 Å². The van der Waals surface area contributed by atoms with Gasteiger partial charge < -0.3 is 9.47 Å². The van der Waals surface area contributed by atoms with E-state index in [0.717, 1.165) is 17.1 Å². The summed E-state index contributed by atoms with van der Waals surface area (Å²) in [6.45, 7) is 0. The molecule has 0 atom stereocenters. The second-order valence-corrected chi connectivity index (χ2v) is 18.6. The lowest BCUT2D eigenvalue weighted by molar-refractivity contribution is 1.20. The zero-order chi connectivity index (χ0) is 42.1. The summed E-state index contributed by atoms with van der Waals surface area (Å²) in [5.74, 6) is 0. The van der Waals surface area contributed by atoms with Gasteiger partial charge in [0.2, 0.25) is 0 Å². The predicted octanol–water partition coefficient (Wildman–Crippen LogP) is 18.0. The first-order valence-corrected chi connectivity index (χ1v) is 23.4. The Morgan fingerprint density at radius 2 is 0.859 bits per heavy atom. The van der Waals surface area contributed by atoms with Crippen molar-refractivity contribution >= 4 is 102 Å². The Morgan fingerprint density at radius 3 is 1.61 bits per heavy atom. The second kappa shape index (κ2) is 15.0. The van der Waals surface area contributed by atoms with Gasteiger partial charge in [0, 0.05) is 69.0 Å². The van der Waals surface area contributed by atoms with Gasteiger partial charge in [-0.25, -0.2) is 0 Å². The third kappa shape index (κ3) is 5.99. The molecule has 0 fully saturated rings. The monoisotopic (exact) mass is 850 g/mol. The van der Waals surface area contributed by atoms with Crippen LogP contribution in [0.5, 0.6) is 0 Å². The third-order valence-corrected chi connectivity index (χ3v) is 15.1. The number of hydrogen-bond donors (Lipinski definition) is 0. The SMILES string of the molecule is c1ccc(-c2cccc(N(c3ccc4sc5ccccc5c4c3)c3ccc4c(c3)c3cc(-c5ccccc5)cc(-c5ccccc5)c3n4-c3cccc4c3sc3ccccc34)c2)cc1. The van der Waals surface area contributed by atoms with Gasteiger partial charge >= 0.3 is 0 Å². The van der Waals surface area contributed by atoms with Crippen molar-refractivity contribution in [3.05, 3.63) is 231 Å². The largest absolute Gasteiger partial charge is 0.310 e. The molecule has 13 rings (SSSR count). The summed E-state index contributed by atoms with van der Waals surface area (Å²) in [4.78, 5) is 2.45. The Labute approximate surface area is 378 Å². The molecule has 0 aliphatic heterocycles. The predicted molar refractivity (Wildman–Crippen MR) is 278 cm³/mol. The summed E-state index contributed by atoms with van der Waals surface area (Å²) in [7, 11) is 0. The van der Waals surface area contributed by atoms with Gasteiger partial charge in [0.25, 0.3) is 0 Å². The average molecular weight is 851 g/mol. The number of aromatic nitrogens is 1. The summed E-state index contributed by atoms with van der Waals surface area (Å²) in [5.41, 5.74) is 14.0. The molecule has 3 heterocycles. The quantitative estimate of drug-likeness (QED) is 0.155. The Morgan fingerprint density at radius 1 is 0.312 bits per heavy atom. The summed E-state index contributed by atoms with van der Waals surface area (Å²) < 4.78 is 7.73. The number of thiophene rings is 2. The normalized spacial score (nSPS) is 11.8. The molecule has 0 amide bonds. The Kier molecular flexibility index (Phi) is 8.61. The van der Waals surface area contributed by atoms with Crippen LogP contribution in [0.3, 0.4) is 0 Å². The third-order valence-electron chi connectivity index (χ3n) is 12.7. The summed E-state index contributed by atoms with van der Waals surface area (Å²) >= 11 is 3.74. The molecule has 3 aromatic heterocycles. The maximum Gasteiger partial charge on any atom is 0.0641 e. The highest BCUT2D eigenvalue weighted by Crippen LogP contribution is 2.47. The molecule has 0 radical (unpaired) electrons. The van der Waals surface area contributed by atoms with E-state index >= 15 is 0 Å². The highest BCUT2D eigenvalue weighted by atomic mass is 32.1. The van der Waals surface area contributed by atoms with Crippen molar-refractivity contribution in [2.75, 3.05) is 4.90 Å². The fraction of sp³-hybridized carbons (Fsp3) is 0. The maximum atomic E-state index is 2.55. The van der Waals surface area contributed by atoms with E-state index in [0.29, 0.717) is 0 Å². The first-order valence-electron chi connectivity index (χ1n) is 21.7. The summed E-state index contributed by atoms with van der Waals surface area (Å²) in [6.07, 6.45) is 0. The molecular formula is C60H38N2S2. The van der Waals surface area contributed by atoms with E-state index in [-0.39, 0.29) is 0 Å². The van der Waals surface area contributed by atoms with Gasteiger partial charge in [-0.1, -0.05) is 152 Å². The molecule has 0 saturated heterocycles. The number of benzene rings is 10. The lowest BCUT2D eigenvalue weighted by Gasteiger charge is -2.26. The average Bonchev–Trinajstić information content (AvgIpc) is 4.04. The number of rotatable bonds is 7. The molecule has 0 aliphatic carbocycles.